The zero-order chi connectivity index (χ0) is 13.7. The van der Waals surface area contributed by atoms with Gasteiger partial charge in [-0.25, -0.2) is 0 Å². The van der Waals surface area contributed by atoms with Crippen LogP contribution >= 0.6 is 0 Å². The van der Waals surface area contributed by atoms with Gasteiger partial charge < -0.3 is 4.74 Å². The van der Waals surface area contributed by atoms with E-state index in [9.17, 15) is 0 Å². The Morgan fingerprint density at radius 3 is 2.95 bits per heavy atom. The lowest BCUT2D eigenvalue weighted by molar-refractivity contribution is 0.339. The van der Waals surface area contributed by atoms with Crippen molar-refractivity contribution in [3.63, 3.8) is 0 Å². The largest absolute Gasteiger partial charge is 0.494 e. The third kappa shape index (κ3) is 3.49. The maximum Gasteiger partial charge on any atom is 0.176 e. The van der Waals surface area contributed by atoms with Gasteiger partial charge in [-0.1, -0.05) is 12.1 Å². The first-order chi connectivity index (χ1) is 9.22. The van der Waals surface area contributed by atoms with E-state index in [1.165, 1.54) is 4.80 Å². The highest BCUT2D eigenvalue weighted by Crippen LogP contribution is 2.21. The van der Waals surface area contributed by atoms with Gasteiger partial charge >= 0.3 is 0 Å². The molecular formula is C12H18N6O. The Morgan fingerprint density at radius 2 is 2.32 bits per heavy atom. The number of rotatable bonds is 6. The summed E-state index contributed by atoms with van der Waals surface area (Å²) < 4.78 is 5.48. The number of nitrogens with two attached hydrogens (primary N) is 1. The van der Waals surface area contributed by atoms with Gasteiger partial charge in [0.25, 0.3) is 0 Å². The molecule has 102 valence electrons. The molecular weight excluding hydrogens is 244 g/mol. The van der Waals surface area contributed by atoms with Crippen molar-refractivity contribution in [1.82, 2.24) is 25.6 Å². The quantitative estimate of drug-likeness (QED) is 0.577. The predicted molar refractivity (Wildman–Crippen MR) is 70.2 cm³/mol. The van der Waals surface area contributed by atoms with Gasteiger partial charge in [-0.3, -0.25) is 11.3 Å². The predicted octanol–water partition coefficient (Wildman–Crippen LogP) is 0.356. The number of hydrazine groups is 1. The Balaban J connectivity index is 2.14. The molecule has 0 saturated carbocycles. The lowest BCUT2D eigenvalue weighted by Gasteiger charge is -2.15. The number of benzene rings is 1. The molecule has 1 heterocycles. The number of ether oxygens (including phenoxy) is 1. The molecule has 0 spiro atoms. The molecule has 1 unspecified atom stereocenters. The zero-order valence-electron chi connectivity index (χ0n) is 11.1. The van der Waals surface area contributed by atoms with Crippen LogP contribution in [-0.4, -0.2) is 26.8 Å². The van der Waals surface area contributed by atoms with E-state index in [0.717, 1.165) is 11.3 Å². The molecule has 19 heavy (non-hydrogen) atoms. The number of tetrazole rings is 1. The third-order valence-corrected chi connectivity index (χ3v) is 2.71. The SMILES string of the molecule is CCOc1cccc(C(Cc2nnn(C)n2)NN)c1. The van der Waals surface area contributed by atoms with E-state index in [4.69, 9.17) is 10.6 Å². The number of nitrogens with zero attached hydrogens (tertiary/aromatic N) is 4. The van der Waals surface area contributed by atoms with Crippen molar-refractivity contribution in [3.05, 3.63) is 35.7 Å². The van der Waals surface area contributed by atoms with Crippen LogP contribution in [0.4, 0.5) is 0 Å². The lowest BCUT2D eigenvalue weighted by Crippen LogP contribution is -2.30. The molecule has 7 heteroatoms. The molecule has 1 aromatic heterocycles. The van der Waals surface area contributed by atoms with Crippen molar-refractivity contribution in [2.75, 3.05) is 6.61 Å². The van der Waals surface area contributed by atoms with Gasteiger partial charge in [0.15, 0.2) is 5.82 Å². The van der Waals surface area contributed by atoms with Crippen molar-refractivity contribution < 1.29 is 4.74 Å². The number of hydrogen-bond acceptors (Lipinski definition) is 6. The first kappa shape index (κ1) is 13.4. The van der Waals surface area contributed by atoms with Crippen LogP contribution in [0.1, 0.15) is 24.4 Å². The van der Waals surface area contributed by atoms with Crippen LogP contribution in [0.15, 0.2) is 24.3 Å². The maximum absolute atomic E-state index is 5.61. The minimum Gasteiger partial charge on any atom is -0.494 e. The Bertz CT molecular complexity index is 526. The summed E-state index contributed by atoms with van der Waals surface area (Å²) in [5.41, 5.74) is 3.80. The van der Waals surface area contributed by atoms with E-state index < -0.39 is 0 Å². The standard InChI is InChI=1S/C12H18N6O/c1-3-19-10-6-4-5-9(7-10)11(14-13)8-12-15-17-18(2)16-12/h4-7,11,14H,3,8,13H2,1-2H3. The minimum atomic E-state index is -0.0791. The van der Waals surface area contributed by atoms with Crippen molar-refractivity contribution in [2.45, 2.75) is 19.4 Å². The summed E-state index contributed by atoms with van der Waals surface area (Å²) in [7, 11) is 1.73. The molecule has 0 bridgehead atoms. The van der Waals surface area contributed by atoms with Crippen LogP contribution in [0, 0.1) is 0 Å². The van der Waals surface area contributed by atoms with Crippen LogP contribution in [0.2, 0.25) is 0 Å². The van der Waals surface area contributed by atoms with Gasteiger partial charge in [0.05, 0.1) is 19.7 Å². The molecule has 0 aliphatic rings. The van der Waals surface area contributed by atoms with E-state index in [1.54, 1.807) is 7.05 Å². The number of aromatic nitrogens is 4. The second kappa shape index (κ2) is 6.26. The molecule has 0 aliphatic heterocycles. The summed E-state index contributed by atoms with van der Waals surface area (Å²) >= 11 is 0. The first-order valence-corrected chi connectivity index (χ1v) is 6.14. The van der Waals surface area contributed by atoms with E-state index in [0.29, 0.717) is 18.9 Å². The molecule has 0 radical (unpaired) electrons. The monoisotopic (exact) mass is 262 g/mol. The van der Waals surface area contributed by atoms with Gasteiger partial charge in [0.2, 0.25) is 0 Å². The highest BCUT2D eigenvalue weighted by molar-refractivity contribution is 5.31. The van der Waals surface area contributed by atoms with Gasteiger partial charge in [0, 0.05) is 6.42 Å². The second-order valence-corrected chi connectivity index (χ2v) is 4.12. The molecule has 0 amide bonds. The average Bonchev–Trinajstić information content (AvgIpc) is 2.82. The Morgan fingerprint density at radius 1 is 1.47 bits per heavy atom. The summed E-state index contributed by atoms with van der Waals surface area (Å²) in [5, 5.41) is 11.9. The summed E-state index contributed by atoms with van der Waals surface area (Å²) in [6.45, 7) is 2.59. The van der Waals surface area contributed by atoms with Crippen LogP contribution in [0.25, 0.3) is 0 Å². The molecule has 7 nitrogen and oxygen atoms in total. The summed E-state index contributed by atoms with van der Waals surface area (Å²) in [6, 6.07) is 7.73. The molecule has 3 N–H and O–H groups in total. The molecule has 0 saturated heterocycles. The normalized spacial score (nSPS) is 12.4. The van der Waals surface area contributed by atoms with Crippen molar-refractivity contribution in [1.29, 1.82) is 0 Å². The van der Waals surface area contributed by atoms with Crippen LogP contribution < -0.4 is 16.0 Å². The van der Waals surface area contributed by atoms with Crippen molar-refractivity contribution in [2.24, 2.45) is 12.9 Å². The smallest absolute Gasteiger partial charge is 0.176 e. The van der Waals surface area contributed by atoms with Gasteiger partial charge in [-0.15, -0.1) is 10.2 Å². The van der Waals surface area contributed by atoms with Crippen molar-refractivity contribution in [3.8, 4) is 5.75 Å². The fourth-order valence-electron chi connectivity index (χ4n) is 1.85. The van der Waals surface area contributed by atoms with Crippen LogP contribution in [-0.2, 0) is 13.5 Å². The third-order valence-electron chi connectivity index (χ3n) is 2.71. The van der Waals surface area contributed by atoms with E-state index in [2.05, 4.69) is 20.8 Å². The Hall–Kier alpha value is -1.99. The average molecular weight is 262 g/mol. The zero-order valence-corrected chi connectivity index (χ0v) is 11.1. The summed E-state index contributed by atoms with van der Waals surface area (Å²) in [5.74, 6) is 7.08. The number of aryl methyl sites for hydroxylation is 1. The molecule has 2 rings (SSSR count). The molecule has 1 aromatic carbocycles. The maximum atomic E-state index is 5.61. The summed E-state index contributed by atoms with van der Waals surface area (Å²) in [6.07, 6.45) is 0.569. The molecule has 0 fully saturated rings. The fraction of sp³-hybridized carbons (Fsp3) is 0.417. The van der Waals surface area contributed by atoms with Gasteiger partial charge in [0.1, 0.15) is 5.75 Å². The molecule has 0 aliphatic carbocycles. The van der Waals surface area contributed by atoms with Crippen LogP contribution in [0.5, 0.6) is 5.75 Å². The second-order valence-electron chi connectivity index (χ2n) is 4.12. The van der Waals surface area contributed by atoms with Crippen LogP contribution in [0.3, 0.4) is 0 Å². The highest BCUT2D eigenvalue weighted by Gasteiger charge is 2.14. The highest BCUT2D eigenvalue weighted by atomic mass is 16.5. The molecule has 2 aromatic rings. The summed E-state index contributed by atoms with van der Waals surface area (Å²) in [4.78, 5) is 1.43. The van der Waals surface area contributed by atoms with E-state index >= 15 is 0 Å². The van der Waals surface area contributed by atoms with Gasteiger partial charge in [-0.05, 0) is 29.8 Å². The number of nitrogens with one attached hydrogen (secondary N) is 1. The van der Waals surface area contributed by atoms with E-state index in [1.807, 2.05) is 31.2 Å². The van der Waals surface area contributed by atoms with Gasteiger partial charge in [-0.2, -0.15) is 4.80 Å². The number of hydrogen-bond donors (Lipinski definition) is 2. The lowest BCUT2D eigenvalue weighted by atomic mass is 10.0. The fourth-order valence-corrected chi connectivity index (χ4v) is 1.85. The Kier molecular flexibility index (Phi) is 4.43. The minimum absolute atomic E-state index is 0.0791. The Labute approximate surface area is 111 Å². The molecule has 1 atom stereocenters. The first-order valence-electron chi connectivity index (χ1n) is 6.14. The van der Waals surface area contributed by atoms with Crippen molar-refractivity contribution >= 4 is 0 Å². The van der Waals surface area contributed by atoms with E-state index in [-0.39, 0.29) is 6.04 Å². The topological polar surface area (TPSA) is 90.9 Å².